The Morgan fingerprint density at radius 2 is 2.33 bits per heavy atom. The number of amides is 1. The minimum absolute atomic E-state index is 0.0240. The molecule has 0 radical (unpaired) electrons. The van der Waals surface area contributed by atoms with Crippen LogP contribution in [0.15, 0.2) is 23.5 Å². The van der Waals surface area contributed by atoms with E-state index in [0.717, 1.165) is 5.69 Å². The lowest BCUT2D eigenvalue weighted by Gasteiger charge is -2.28. The number of hydrogen-bond donors (Lipinski definition) is 3. The first-order valence-corrected chi connectivity index (χ1v) is 5.66. The van der Waals surface area contributed by atoms with Crippen LogP contribution in [0.2, 0.25) is 0 Å². The summed E-state index contributed by atoms with van der Waals surface area (Å²) in [4.78, 5) is 16.1. The number of hydrogen-bond acceptors (Lipinski definition) is 4. The van der Waals surface area contributed by atoms with E-state index in [0.29, 0.717) is 12.0 Å². The normalized spacial score (nSPS) is 14.9. The predicted octanol–water partition coefficient (Wildman–Crippen LogP) is 1.03. The van der Waals surface area contributed by atoms with E-state index >= 15 is 0 Å². The number of oxime groups is 1. The number of nitrogens with two attached hydrogens (primary N) is 1. The summed E-state index contributed by atoms with van der Waals surface area (Å²) in [5.74, 6) is -0.305. The summed E-state index contributed by atoms with van der Waals surface area (Å²) in [6, 6.07) is 3.29. The van der Waals surface area contributed by atoms with Crippen LogP contribution in [-0.4, -0.2) is 27.5 Å². The van der Waals surface area contributed by atoms with Gasteiger partial charge in [0.05, 0.1) is 5.54 Å². The average molecular weight is 250 g/mol. The number of carbonyl (C=O) groups is 1. The highest BCUT2D eigenvalue weighted by molar-refractivity contribution is 6.00. The Labute approximate surface area is 106 Å². The van der Waals surface area contributed by atoms with Crippen LogP contribution in [-0.2, 0) is 0 Å². The maximum atomic E-state index is 12.1. The van der Waals surface area contributed by atoms with Crippen molar-refractivity contribution in [3.8, 4) is 0 Å². The van der Waals surface area contributed by atoms with Gasteiger partial charge in [-0.15, -0.1) is 0 Å². The molecule has 1 aromatic rings. The number of aryl methyl sites for hydroxylation is 1. The molecule has 1 heterocycles. The monoisotopic (exact) mass is 250 g/mol. The summed E-state index contributed by atoms with van der Waals surface area (Å²) in [7, 11) is 0. The third-order valence-electron chi connectivity index (χ3n) is 2.93. The van der Waals surface area contributed by atoms with Gasteiger partial charge in [-0.2, -0.15) is 0 Å². The van der Waals surface area contributed by atoms with Gasteiger partial charge in [0, 0.05) is 17.5 Å². The Kier molecular flexibility index (Phi) is 4.25. The molecule has 6 heteroatoms. The summed E-state index contributed by atoms with van der Waals surface area (Å²) in [5.41, 5.74) is 5.97. The number of pyridine rings is 1. The van der Waals surface area contributed by atoms with Crippen molar-refractivity contribution in [2.75, 3.05) is 0 Å². The first-order valence-electron chi connectivity index (χ1n) is 5.66. The summed E-state index contributed by atoms with van der Waals surface area (Å²) >= 11 is 0. The van der Waals surface area contributed by atoms with E-state index in [2.05, 4.69) is 15.5 Å². The maximum absolute atomic E-state index is 12.1. The average Bonchev–Trinajstić information content (AvgIpc) is 2.37. The fourth-order valence-electron chi connectivity index (χ4n) is 1.45. The highest BCUT2D eigenvalue weighted by Gasteiger charge is 2.29. The molecular weight excluding hydrogens is 232 g/mol. The van der Waals surface area contributed by atoms with E-state index in [1.54, 1.807) is 32.2 Å². The highest BCUT2D eigenvalue weighted by atomic mass is 16.4. The molecule has 6 nitrogen and oxygen atoms in total. The Morgan fingerprint density at radius 3 is 2.83 bits per heavy atom. The van der Waals surface area contributed by atoms with Crippen molar-refractivity contribution in [3.05, 3.63) is 29.6 Å². The number of aromatic nitrogens is 1. The van der Waals surface area contributed by atoms with E-state index in [1.165, 1.54) is 0 Å². The molecule has 0 aromatic carbocycles. The van der Waals surface area contributed by atoms with Crippen molar-refractivity contribution in [3.63, 3.8) is 0 Å². The minimum atomic E-state index is -0.872. The maximum Gasteiger partial charge on any atom is 0.252 e. The van der Waals surface area contributed by atoms with Crippen LogP contribution in [0, 0.1) is 6.92 Å². The molecular formula is C12H18N4O2. The standard InChI is InChI=1S/C12H18N4O2/c1-4-12(3,11(13)16-18)15-10(17)9-5-6-14-8(2)7-9/h5-7,18H,4H2,1-3H3,(H2,13,16)(H,15,17). The molecule has 1 unspecified atom stereocenters. The fraction of sp³-hybridized carbons (Fsp3) is 0.417. The molecule has 0 spiro atoms. The second-order valence-corrected chi connectivity index (χ2v) is 4.31. The van der Waals surface area contributed by atoms with Crippen LogP contribution in [0.3, 0.4) is 0 Å². The van der Waals surface area contributed by atoms with Crippen LogP contribution in [0.1, 0.15) is 36.3 Å². The van der Waals surface area contributed by atoms with Gasteiger partial charge in [-0.05, 0) is 32.4 Å². The minimum Gasteiger partial charge on any atom is -0.409 e. The van der Waals surface area contributed by atoms with E-state index in [4.69, 9.17) is 10.9 Å². The number of carbonyl (C=O) groups excluding carboxylic acids is 1. The molecule has 0 saturated heterocycles. The topological polar surface area (TPSA) is 101 Å². The molecule has 1 aromatic heterocycles. The van der Waals surface area contributed by atoms with Crippen molar-refractivity contribution in [1.29, 1.82) is 0 Å². The van der Waals surface area contributed by atoms with Gasteiger partial charge >= 0.3 is 0 Å². The summed E-state index contributed by atoms with van der Waals surface area (Å²) in [6.45, 7) is 5.35. The van der Waals surface area contributed by atoms with E-state index in [-0.39, 0.29) is 11.7 Å². The van der Waals surface area contributed by atoms with Crippen molar-refractivity contribution in [1.82, 2.24) is 10.3 Å². The molecule has 0 fully saturated rings. The van der Waals surface area contributed by atoms with Gasteiger partial charge in [0.25, 0.3) is 5.91 Å². The van der Waals surface area contributed by atoms with Gasteiger partial charge in [-0.1, -0.05) is 12.1 Å². The lowest BCUT2D eigenvalue weighted by atomic mass is 9.97. The molecule has 1 amide bonds. The zero-order valence-electron chi connectivity index (χ0n) is 10.8. The fourth-order valence-corrected chi connectivity index (χ4v) is 1.45. The van der Waals surface area contributed by atoms with Crippen LogP contribution in [0.25, 0.3) is 0 Å². The van der Waals surface area contributed by atoms with E-state index in [1.807, 2.05) is 6.92 Å². The molecule has 0 aliphatic rings. The van der Waals surface area contributed by atoms with E-state index < -0.39 is 5.54 Å². The Hall–Kier alpha value is -2.11. The first-order chi connectivity index (χ1) is 8.42. The quantitative estimate of drug-likeness (QED) is 0.321. The van der Waals surface area contributed by atoms with Crippen molar-refractivity contribution in [2.45, 2.75) is 32.7 Å². The van der Waals surface area contributed by atoms with Crippen molar-refractivity contribution in [2.24, 2.45) is 10.9 Å². The summed E-state index contributed by atoms with van der Waals surface area (Å²) in [6.07, 6.45) is 2.08. The Morgan fingerprint density at radius 1 is 1.67 bits per heavy atom. The lowest BCUT2D eigenvalue weighted by Crippen LogP contribution is -2.55. The number of nitrogens with one attached hydrogen (secondary N) is 1. The van der Waals surface area contributed by atoms with Gasteiger partial charge in [-0.25, -0.2) is 0 Å². The van der Waals surface area contributed by atoms with Crippen molar-refractivity contribution < 1.29 is 10.0 Å². The van der Waals surface area contributed by atoms with Gasteiger partial charge in [-0.3, -0.25) is 9.78 Å². The van der Waals surface area contributed by atoms with Gasteiger partial charge < -0.3 is 16.3 Å². The third kappa shape index (κ3) is 2.97. The zero-order valence-corrected chi connectivity index (χ0v) is 10.8. The second-order valence-electron chi connectivity index (χ2n) is 4.31. The SMILES string of the molecule is CCC(C)(NC(=O)c1ccnc(C)c1)/C(N)=N/O. The van der Waals surface area contributed by atoms with Crippen molar-refractivity contribution >= 4 is 11.7 Å². The molecule has 0 bridgehead atoms. The Bertz CT molecular complexity index is 473. The summed E-state index contributed by atoms with van der Waals surface area (Å²) < 4.78 is 0. The van der Waals surface area contributed by atoms with Gasteiger partial charge in [0.1, 0.15) is 0 Å². The smallest absolute Gasteiger partial charge is 0.252 e. The van der Waals surface area contributed by atoms with Gasteiger partial charge in [0.2, 0.25) is 0 Å². The molecule has 0 aliphatic heterocycles. The lowest BCUT2D eigenvalue weighted by molar-refractivity contribution is 0.0924. The first kappa shape index (κ1) is 14.0. The van der Waals surface area contributed by atoms with Crippen LogP contribution < -0.4 is 11.1 Å². The number of rotatable bonds is 4. The molecule has 0 saturated carbocycles. The molecule has 4 N–H and O–H groups in total. The zero-order chi connectivity index (χ0) is 13.8. The molecule has 1 atom stereocenters. The summed E-state index contributed by atoms with van der Waals surface area (Å²) in [5, 5.41) is 14.4. The van der Waals surface area contributed by atoms with Crippen LogP contribution in [0.5, 0.6) is 0 Å². The molecule has 18 heavy (non-hydrogen) atoms. The number of nitrogens with zero attached hydrogens (tertiary/aromatic N) is 2. The molecule has 1 rings (SSSR count). The van der Waals surface area contributed by atoms with E-state index in [9.17, 15) is 4.79 Å². The highest BCUT2D eigenvalue weighted by Crippen LogP contribution is 2.11. The molecule has 0 aliphatic carbocycles. The van der Waals surface area contributed by atoms with Crippen LogP contribution in [0.4, 0.5) is 0 Å². The second kappa shape index (κ2) is 5.48. The largest absolute Gasteiger partial charge is 0.409 e. The number of amidine groups is 1. The Balaban J connectivity index is 2.93. The van der Waals surface area contributed by atoms with Crippen LogP contribution >= 0.6 is 0 Å². The molecule has 98 valence electrons. The van der Waals surface area contributed by atoms with Gasteiger partial charge in [0.15, 0.2) is 5.84 Å². The predicted molar refractivity (Wildman–Crippen MR) is 68.5 cm³/mol. The third-order valence-corrected chi connectivity index (χ3v) is 2.93.